The predicted molar refractivity (Wildman–Crippen MR) is 109 cm³/mol. The molecule has 0 radical (unpaired) electrons. The van der Waals surface area contributed by atoms with Gasteiger partial charge in [0.25, 0.3) is 0 Å². The van der Waals surface area contributed by atoms with Crippen molar-refractivity contribution in [3.63, 3.8) is 0 Å². The number of hydrogen-bond acceptors (Lipinski definition) is 2. The van der Waals surface area contributed by atoms with Crippen molar-refractivity contribution in [2.24, 2.45) is 5.41 Å². The summed E-state index contributed by atoms with van der Waals surface area (Å²) in [6.07, 6.45) is 0.189. The van der Waals surface area contributed by atoms with E-state index in [9.17, 15) is 13.6 Å². The lowest BCUT2D eigenvalue weighted by Gasteiger charge is -2.26. The molecule has 0 heterocycles. The van der Waals surface area contributed by atoms with Crippen molar-refractivity contribution in [2.75, 3.05) is 5.75 Å². The minimum atomic E-state index is -2.03. The molecule has 2 unspecified atom stereocenters. The van der Waals surface area contributed by atoms with Gasteiger partial charge in [0.1, 0.15) is 5.78 Å². The van der Waals surface area contributed by atoms with Crippen LogP contribution in [0.2, 0.25) is 10.0 Å². The summed E-state index contributed by atoms with van der Waals surface area (Å²) in [6, 6.07) is 13.2. The average Bonchev–Trinajstić information content (AvgIpc) is 2.52. The van der Waals surface area contributed by atoms with Crippen molar-refractivity contribution in [2.45, 2.75) is 33.1 Å². The van der Waals surface area contributed by atoms with Gasteiger partial charge in [0.05, 0.1) is 5.75 Å². The number of benzene rings is 2. The van der Waals surface area contributed by atoms with E-state index in [1.165, 1.54) is 0 Å². The van der Waals surface area contributed by atoms with Gasteiger partial charge >= 0.3 is 0 Å². The second-order valence-electron chi connectivity index (χ2n) is 7.11. The minimum absolute atomic E-state index is 0.0866. The van der Waals surface area contributed by atoms with Gasteiger partial charge in [-0.25, -0.2) is 4.21 Å². The molecule has 1 N–H and O–H groups in total. The molecule has 0 aromatic heterocycles. The summed E-state index contributed by atoms with van der Waals surface area (Å²) in [6.45, 7) is 5.39. The van der Waals surface area contributed by atoms with Crippen LogP contribution in [0.3, 0.4) is 0 Å². The minimum Gasteiger partial charge on any atom is -0.306 e. The Morgan fingerprint density at radius 2 is 1.77 bits per heavy atom. The van der Waals surface area contributed by atoms with E-state index < -0.39 is 16.5 Å². The smallest absolute Gasteiger partial charge is 0.153 e. The molecule has 3 nitrogen and oxygen atoms in total. The van der Waals surface area contributed by atoms with E-state index in [4.69, 9.17) is 23.2 Å². The molecule has 26 heavy (non-hydrogen) atoms. The van der Waals surface area contributed by atoms with E-state index >= 15 is 0 Å². The topological polar surface area (TPSA) is 54.4 Å². The van der Waals surface area contributed by atoms with Gasteiger partial charge in [-0.05, 0) is 30.2 Å². The molecule has 0 aliphatic rings. The summed E-state index contributed by atoms with van der Waals surface area (Å²) >= 11 is 10.4. The van der Waals surface area contributed by atoms with Crippen LogP contribution in [-0.4, -0.2) is 20.3 Å². The number of rotatable bonds is 7. The van der Waals surface area contributed by atoms with Crippen LogP contribution in [0, 0.1) is 12.3 Å². The highest BCUT2D eigenvalue weighted by Crippen LogP contribution is 2.37. The molecule has 0 saturated heterocycles. The molecule has 6 heteroatoms. The van der Waals surface area contributed by atoms with E-state index in [-0.39, 0.29) is 23.9 Å². The maximum Gasteiger partial charge on any atom is 0.153 e. The van der Waals surface area contributed by atoms with E-state index in [0.717, 1.165) is 16.7 Å². The summed E-state index contributed by atoms with van der Waals surface area (Å²) in [5, 5.41) is 1.03. The molecule has 140 valence electrons. The predicted octanol–water partition coefficient (Wildman–Crippen LogP) is 5.64. The van der Waals surface area contributed by atoms with Crippen LogP contribution in [-0.2, 0) is 15.9 Å². The summed E-state index contributed by atoms with van der Waals surface area (Å²) < 4.78 is 20.4. The van der Waals surface area contributed by atoms with Crippen molar-refractivity contribution in [1.29, 1.82) is 0 Å². The molecule has 2 atom stereocenters. The van der Waals surface area contributed by atoms with E-state index in [0.29, 0.717) is 10.0 Å². The molecule has 0 aliphatic carbocycles. The number of ketones is 1. The Morgan fingerprint density at radius 3 is 2.31 bits per heavy atom. The fourth-order valence-electron chi connectivity index (χ4n) is 2.84. The second-order valence-corrected chi connectivity index (χ2v) is 8.88. The summed E-state index contributed by atoms with van der Waals surface area (Å²) in [5.74, 6) is -0.434. The van der Waals surface area contributed by atoms with Gasteiger partial charge in [0, 0.05) is 27.8 Å². The Hall–Kier alpha value is -1.20. The Bertz CT molecular complexity index is 816. The molecule has 0 spiro atoms. The molecule has 0 saturated carbocycles. The zero-order chi connectivity index (χ0) is 19.5. The largest absolute Gasteiger partial charge is 0.306 e. The Balaban J connectivity index is 2.42. The van der Waals surface area contributed by atoms with Gasteiger partial charge in [0.15, 0.2) is 11.1 Å². The number of Topliss-reactive ketones (excluding diaryl/α,β-unsaturated/α-hetero) is 1. The monoisotopic (exact) mass is 412 g/mol. The Morgan fingerprint density at radius 1 is 1.15 bits per heavy atom. The lowest BCUT2D eigenvalue weighted by molar-refractivity contribution is -0.126. The zero-order valence-corrected chi connectivity index (χ0v) is 17.3. The van der Waals surface area contributed by atoms with Crippen LogP contribution in [0.4, 0.5) is 0 Å². The van der Waals surface area contributed by atoms with E-state index in [2.05, 4.69) is 0 Å². The molecule has 0 aliphatic heterocycles. The third-order valence-electron chi connectivity index (χ3n) is 4.45. The SMILES string of the molecule is Cc1ccc(C(CC(=O)C(C)(C)CS(=O)O)c2ccc(Cl)cc2Cl)cc1. The normalized spacial score (nSPS) is 14.1. The van der Waals surface area contributed by atoms with Gasteiger partial charge in [-0.15, -0.1) is 0 Å². The van der Waals surface area contributed by atoms with Gasteiger partial charge in [0.2, 0.25) is 0 Å². The Labute approximate surface area is 167 Å². The van der Waals surface area contributed by atoms with Crippen molar-refractivity contribution >= 4 is 40.1 Å². The average molecular weight is 413 g/mol. The first-order valence-corrected chi connectivity index (χ1v) is 10.3. The van der Waals surface area contributed by atoms with Gasteiger partial charge in [-0.2, -0.15) is 0 Å². The van der Waals surface area contributed by atoms with Gasteiger partial charge < -0.3 is 4.55 Å². The summed E-state index contributed by atoms with van der Waals surface area (Å²) in [4.78, 5) is 12.9. The molecule has 0 amide bonds. The maximum atomic E-state index is 12.9. The number of hydrogen-bond donors (Lipinski definition) is 1. The third kappa shape index (κ3) is 5.40. The zero-order valence-electron chi connectivity index (χ0n) is 15.0. The first-order chi connectivity index (χ1) is 12.1. The fraction of sp³-hybridized carbons (Fsp3) is 0.350. The van der Waals surface area contributed by atoms with Crippen molar-refractivity contribution in [3.8, 4) is 0 Å². The molecule has 2 rings (SSSR count). The first-order valence-electron chi connectivity index (χ1n) is 8.22. The second kappa shape index (κ2) is 8.66. The number of aryl methyl sites for hydroxylation is 1. The van der Waals surface area contributed by atoms with Gasteiger partial charge in [-0.1, -0.05) is 72.9 Å². The Kier molecular flexibility index (Phi) is 7.03. The van der Waals surface area contributed by atoms with Crippen LogP contribution in [0.15, 0.2) is 42.5 Å². The first kappa shape index (κ1) is 21.1. The van der Waals surface area contributed by atoms with Gasteiger partial charge in [-0.3, -0.25) is 4.79 Å². The van der Waals surface area contributed by atoms with Crippen LogP contribution in [0.1, 0.15) is 42.9 Å². The van der Waals surface area contributed by atoms with Crippen molar-refractivity contribution in [1.82, 2.24) is 0 Å². The van der Waals surface area contributed by atoms with E-state index in [1.54, 1.807) is 26.0 Å². The van der Waals surface area contributed by atoms with Crippen LogP contribution in [0.5, 0.6) is 0 Å². The lowest BCUT2D eigenvalue weighted by atomic mass is 9.80. The highest BCUT2D eigenvalue weighted by Gasteiger charge is 2.32. The van der Waals surface area contributed by atoms with Crippen molar-refractivity contribution < 1.29 is 13.6 Å². The standard InChI is InChI=1S/C20H22Cl2O3S/c1-13-4-6-14(7-5-13)17(16-9-8-15(21)10-18(16)22)11-19(23)20(2,3)12-26(24)25/h4-10,17H,11-12H2,1-3H3,(H,24,25). The number of halogens is 2. The lowest BCUT2D eigenvalue weighted by Crippen LogP contribution is -2.31. The summed E-state index contributed by atoms with van der Waals surface area (Å²) in [7, 11) is 0. The molecule has 2 aromatic rings. The summed E-state index contributed by atoms with van der Waals surface area (Å²) in [5.41, 5.74) is 2.00. The number of carbonyl (C=O) groups is 1. The molecule has 0 bridgehead atoms. The quantitative estimate of drug-likeness (QED) is 0.598. The number of carbonyl (C=O) groups excluding carboxylic acids is 1. The molecular weight excluding hydrogens is 391 g/mol. The van der Waals surface area contributed by atoms with E-state index in [1.807, 2.05) is 37.3 Å². The molecular formula is C20H22Cl2O3S. The van der Waals surface area contributed by atoms with Crippen LogP contribution >= 0.6 is 23.2 Å². The van der Waals surface area contributed by atoms with Crippen molar-refractivity contribution in [3.05, 3.63) is 69.2 Å². The van der Waals surface area contributed by atoms with Crippen LogP contribution in [0.25, 0.3) is 0 Å². The molecule has 2 aromatic carbocycles. The highest BCUT2D eigenvalue weighted by atomic mass is 35.5. The fourth-order valence-corrected chi connectivity index (χ4v) is 4.16. The van der Waals surface area contributed by atoms with Crippen LogP contribution < -0.4 is 0 Å². The highest BCUT2D eigenvalue weighted by molar-refractivity contribution is 7.79. The maximum absolute atomic E-state index is 12.9. The third-order valence-corrected chi connectivity index (χ3v) is 5.98. The molecule has 0 fully saturated rings.